The molecule has 1 aromatic carbocycles. The number of aliphatic hydroxyl groups excluding tert-OH is 1. The first-order valence-corrected chi connectivity index (χ1v) is 5.62. The molecule has 0 radical (unpaired) electrons. The number of hydrogen-bond donors (Lipinski definition) is 3. The number of rotatable bonds is 5. The number of carboxylic acid groups (broad SMARTS) is 1. The van der Waals surface area contributed by atoms with Crippen LogP contribution in [0.4, 0.5) is 0 Å². The molecule has 4 heteroatoms. The highest BCUT2D eigenvalue weighted by Gasteiger charge is 2.16. The van der Waals surface area contributed by atoms with Gasteiger partial charge in [-0.2, -0.15) is 0 Å². The molecule has 0 bridgehead atoms. The van der Waals surface area contributed by atoms with Crippen LogP contribution in [0, 0.1) is 13.8 Å². The minimum Gasteiger partial charge on any atom is -0.480 e. The van der Waals surface area contributed by atoms with Crippen molar-refractivity contribution in [2.24, 2.45) is 0 Å². The smallest absolute Gasteiger partial charge is 0.317 e. The van der Waals surface area contributed by atoms with Crippen LogP contribution < -0.4 is 5.32 Å². The minimum atomic E-state index is -0.927. The van der Waals surface area contributed by atoms with Crippen molar-refractivity contribution >= 4 is 5.97 Å². The summed E-state index contributed by atoms with van der Waals surface area (Å²) in [5.41, 5.74) is 3.09. The summed E-state index contributed by atoms with van der Waals surface area (Å²) in [4.78, 5) is 10.4. The molecule has 2 atom stereocenters. The molecule has 1 rings (SSSR count). The number of nitrogens with one attached hydrogen (secondary N) is 1. The quantitative estimate of drug-likeness (QED) is 0.724. The van der Waals surface area contributed by atoms with Crippen LogP contribution in [0.1, 0.15) is 29.7 Å². The van der Waals surface area contributed by atoms with Gasteiger partial charge < -0.3 is 15.5 Å². The van der Waals surface area contributed by atoms with E-state index < -0.39 is 12.1 Å². The molecule has 0 saturated carbocycles. The molecule has 0 amide bonds. The van der Waals surface area contributed by atoms with Crippen molar-refractivity contribution in [1.29, 1.82) is 0 Å². The van der Waals surface area contributed by atoms with Crippen LogP contribution in [0.25, 0.3) is 0 Å². The summed E-state index contributed by atoms with van der Waals surface area (Å²) in [7, 11) is 0. The molecule has 0 fully saturated rings. The lowest BCUT2D eigenvalue weighted by Gasteiger charge is -2.20. The van der Waals surface area contributed by atoms with E-state index in [-0.39, 0.29) is 12.6 Å². The average Bonchev–Trinajstić information content (AvgIpc) is 2.28. The molecule has 4 nitrogen and oxygen atoms in total. The van der Waals surface area contributed by atoms with Gasteiger partial charge in [0.1, 0.15) is 0 Å². The molecule has 3 N–H and O–H groups in total. The summed E-state index contributed by atoms with van der Waals surface area (Å²) < 4.78 is 0. The van der Waals surface area contributed by atoms with Crippen molar-refractivity contribution in [2.75, 3.05) is 6.54 Å². The van der Waals surface area contributed by atoms with E-state index in [1.165, 1.54) is 5.56 Å². The Morgan fingerprint density at radius 1 is 1.35 bits per heavy atom. The Bertz CT molecular complexity index is 404. The summed E-state index contributed by atoms with van der Waals surface area (Å²) in [5, 5.41) is 21.4. The van der Waals surface area contributed by atoms with E-state index in [9.17, 15) is 9.90 Å². The van der Waals surface area contributed by atoms with Gasteiger partial charge in [0.05, 0.1) is 12.6 Å². The van der Waals surface area contributed by atoms with Gasteiger partial charge >= 0.3 is 5.97 Å². The molecule has 0 aliphatic rings. The third kappa shape index (κ3) is 3.84. The highest BCUT2D eigenvalue weighted by Crippen LogP contribution is 2.19. The second-order valence-corrected chi connectivity index (χ2v) is 4.35. The summed E-state index contributed by atoms with van der Waals surface area (Å²) >= 11 is 0. The topological polar surface area (TPSA) is 69.6 Å². The third-order valence-corrected chi connectivity index (χ3v) is 2.92. The second kappa shape index (κ2) is 5.80. The molecule has 0 saturated heterocycles. The van der Waals surface area contributed by atoms with E-state index in [1.807, 2.05) is 32.0 Å². The Labute approximate surface area is 101 Å². The first kappa shape index (κ1) is 13.7. The minimum absolute atomic E-state index is 0.150. The van der Waals surface area contributed by atoms with Gasteiger partial charge in [-0.1, -0.05) is 18.2 Å². The fourth-order valence-electron chi connectivity index (χ4n) is 1.60. The Morgan fingerprint density at radius 3 is 2.53 bits per heavy atom. The SMILES string of the molecule is Cc1ccc(C(O)C(C)NCC(=O)O)cc1C. The fourth-order valence-corrected chi connectivity index (χ4v) is 1.60. The molecule has 94 valence electrons. The van der Waals surface area contributed by atoms with Crippen molar-refractivity contribution in [2.45, 2.75) is 32.9 Å². The molecular weight excluding hydrogens is 218 g/mol. The molecule has 0 heterocycles. The van der Waals surface area contributed by atoms with Crippen molar-refractivity contribution in [3.8, 4) is 0 Å². The van der Waals surface area contributed by atoms with Crippen LogP contribution in [0.2, 0.25) is 0 Å². The summed E-state index contributed by atoms with van der Waals surface area (Å²) in [5.74, 6) is -0.927. The molecule has 0 aliphatic carbocycles. The van der Waals surface area contributed by atoms with Gasteiger partial charge in [-0.05, 0) is 37.5 Å². The van der Waals surface area contributed by atoms with E-state index in [2.05, 4.69) is 5.32 Å². The number of carbonyl (C=O) groups is 1. The molecule has 2 unspecified atom stereocenters. The molecule has 0 spiro atoms. The summed E-state index contributed by atoms with van der Waals surface area (Å²) in [6.07, 6.45) is -0.700. The first-order valence-electron chi connectivity index (χ1n) is 5.62. The average molecular weight is 237 g/mol. The number of aliphatic hydroxyl groups is 1. The van der Waals surface area contributed by atoms with Crippen LogP contribution in [0.3, 0.4) is 0 Å². The predicted molar refractivity (Wildman–Crippen MR) is 66.0 cm³/mol. The summed E-state index contributed by atoms with van der Waals surface area (Å²) in [6.45, 7) is 5.62. The zero-order valence-corrected chi connectivity index (χ0v) is 10.4. The summed E-state index contributed by atoms with van der Waals surface area (Å²) in [6, 6.07) is 5.45. The fraction of sp³-hybridized carbons (Fsp3) is 0.462. The Morgan fingerprint density at radius 2 is 2.00 bits per heavy atom. The maximum absolute atomic E-state index is 10.4. The van der Waals surface area contributed by atoms with Crippen molar-refractivity contribution in [1.82, 2.24) is 5.32 Å². The van der Waals surface area contributed by atoms with Gasteiger partial charge in [0.25, 0.3) is 0 Å². The maximum Gasteiger partial charge on any atom is 0.317 e. The second-order valence-electron chi connectivity index (χ2n) is 4.35. The van der Waals surface area contributed by atoms with Crippen LogP contribution in [-0.2, 0) is 4.79 Å². The monoisotopic (exact) mass is 237 g/mol. The van der Waals surface area contributed by atoms with Gasteiger partial charge in [0.15, 0.2) is 0 Å². The Balaban J connectivity index is 2.70. The largest absolute Gasteiger partial charge is 0.480 e. The maximum atomic E-state index is 10.4. The molecular formula is C13H19NO3. The lowest BCUT2D eigenvalue weighted by Crippen LogP contribution is -2.35. The van der Waals surface area contributed by atoms with E-state index >= 15 is 0 Å². The predicted octanol–water partition coefficient (Wildman–Crippen LogP) is 1.40. The number of aliphatic carboxylic acids is 1. The van der Waals surface area contributed by atoms with E-state index in [1.54, 1.807) is 6.92 Å². The highest BCUT2D eigenvalue weighted by atomic mass is 16.4. The molecule has 0 aromatic heterocycles. The zero-order chi connectivity index (χ0) is 13.0. The molecule has 0 aliphatic heterocycles. The van der Waals surface area contributed by atoms with Crippen LogP contribution in [0.15, 0.2) is 18.2 Å². The van der Waals surface area contributed by atoms with Gasteiger partial charge in [0.2, 0.25) is 0 Å². The van der Waals surface area contributed by atoms with Gasteiger partial charge in [0, 0.05) is 6.04 Å². The number of benzene rings is 1. The van der Waals surface area contributed by atoms with E-state index in [0.29, 0.717) is 0 Å². The van der Waals surface area contributed by atoms with Gasteiger partial charge in [-0.25, -0.2) is 0 Å². The normalized spacial score (nSPS) is 14.4. The van der Waals surface area contributed by atoms with Crippen molar-refractivity contribution < 1.29 is 15.0 Å². The molecule has 17 heavy (non-hydrogen) atoms. The zero-order valence-electron chi connectivity index (χ0n) is 10.4. The van der Waals surface area contributed by atoms with Crippen LogP contribution >= 0.6 is 0 Å². The number of aryl methyl sites for hydroxylation is 2. The van der Waals surface area contributed by atoms with E-state index in [0.717, 1.165) is 11.1 Å². The van der Waals surface area contributed by atoms with Crippen molar-refractivity contribution in [3.05, 3.63) is 34.9 Å². The molecule has 1 aromatic rings. The Kier molecular flexibility index (Phi) is 4.66. The van der Waals surface area contributed by atoms with Crippen LogP contribution in [-0.4, -0.2) is 28.8 Å². The first-order chi connectivity index (χ1) is 7.91. The number of carboxylic acids is 1. The number of hydrogen-bond acceptors (Lipinski definition) is 3. The van der Waals surface area contributed by atoms with Crippen molar-refractivity contribution in [3.63, 3.8) is 0 Å². The lowest BCUT2D eigenvalue weighted by molar-refractivity contribution is -0.136. The van der Waals surface area contributed by atoms with Gasteiger partial charge in [-0.15, -0.1) is 0 Å². The lowest BCUT2D eigenvalue weighted by atomic mass is 9.99. The third-order valence-electron chi connectivity index (χ3n) is 2.92. The van der Waals surface area contributed by atoms with E-state index in [4.69, 9.17) is 5.11 Å². The standard InChI is InChI=1S/C13H19NO3/c1-8-4-5-11(6-9(8)2)13(17)10(3)14-7-12(15)16/h4-6,10,13-14,17H,7H2,1-3H3,(H,15,16). The van der Waals surface area contributed by atoms with Gasteiger partial charge in [-0.3, -0.25) is 4.79 Å². The highest BCUT2D eigenvalue weighted by molar-refractivity contribution is 5.69. The Hall–Kier alpha value is -1.39. The van der Waals surface area contributed by atoms with Crippen LogP contribution in [0.5, 0.6) is 0 Å².